The molecule has 0 saturated heterocycles. The molecule has 42 heavy (non-hydrogen) atoms. The molecule has 202 valence electrons. The Morgan fingerprint density at radius 1 is 0.429 bits per heavy atom. The van der Waals surface area contributed by atoms with Crippen LogP contribution < -0.4 is 0 Å². The molecule has 2 aromatic heterocycles. The Labute approximate surface area is 246 Å². The molecule has 7 aromatic rings. The van der Waals surface area contributed by atoms with E-state index in [4.69, 9.17) is 9.97 Å². The van der Waals surface area contributed by atoms with Crippen LogP contribution in [0.1, 0.15) is 50.9 Å². The van der Waals surface area contributed by atoms with Gasteiger partial charge in [-0.15, -0.1) is 0 Å². The molecule has 0 radical (unpaired) electrons. The van der Waals surface area contributed by atoms with Gasteiger partial charge in [-0.2, -0.15) is 0 Å². The lowest BCUT2D eigenvalue weighted by atomic mass is 9.92. The van der Waals surface area contributed by atoms with Crippen molar-refractivity contribution in [1.82, 2.24) is 9.97 Å². The smallest absolute Gasteiger partial charge is 0.0974 e. The first-order valence-corrected chi connectivity index (χ1v) is 15.0. The van der Waals surface area contributed by atoms with Gasteiger partial charge in [-0.1, -0.05) is 113 Å². The predicted octanol–water partition coefficient (Wildman–Crippen LogP) is 11.2. The van der Waals surface area contributed by atoms with Crippen LogP contribution in [0.15, 0.2) is 109 Å². The van der Waals surface area contributed by atoms with Crippen LogP contribution in [0, 0.1) is 0 Å². The van der Waals surface area contributed by atoms with E-state index in [0.29, 0.717) is 11.8 Å². The number of fused-ring (bicyclic) bond motifs is 6. The van der Waals surface area contributed by atoms with E-state index >= 15 is 0 Å². The molecule has 0 aliphatic heterocycles. The normalized spacial score (nSPS) is 12.2. The van der Waals surface area contributed by atoms with Crippen molar-refractivity contribution in [2.24, 2.45) is 0 Å². The fourth-order valence-electron chi connectivity index (χ4n) is 6.60. The summed E-state index contributed by atoms with van der Waals surface area (Å²) in [6, 6.07) is 40.2. The second-order valence-electron chi connectivity index (χ2n) is 12.2. The Morgan fingerprint density at radius 3 is 1.88 bits per heavy atom. The Morgan fingerprint density at radius 2 is 1.10 bits per heavy atom. The summed E-state index contributed by atoms with van der Waals surface area (Å²) in [4.78, 5) is 10.3. The summed E-state index contributed by atoms with van der Waals surface area (Å²) < 4.78 is 0. The molecule has 0 saturated carbocycles. The molecule has 0 atom stereocenters. The maximum atomic E-state index is 5.19. The first-order chi connectivity index (χ1) is 20.5. The topological polar surface area (TPSA) is 25.8 Å². The van der Waals surface area contributed by atoms with Crippen molar-refractivity contribution >= 4 is 32.6 Å². The van der Waals surface area contributed by atoms with Crippen LogP contribution >= 0.6 is 0 Å². The fourth-order valence-corrected chi connectivity index (χ4v) is 6.60. The van der Waals surface area contributed by atoms with E-state index in [1.54, 1.807) is 0 Å². The van der Waals surface area contributed by atoms with Crippen LogP contribution in [0.25, 0.3) is 77.1 Å². The first kappa shape index (κ1) is 24.9. The van der Waals surface area contributed by atoms with Crippen molar-refractivity contribution in [2.75, 3.05) is 0 Å². The molecule has 0 N–H and O–H groups in total. The maximum absolute atomic E-state index is 5.19. The zero-order valence-corrected chi connectivity index (χ0v) is 24.4. The summed E-state index contributed by atoms with van der Waals surface area (Å²) in [5.74, 6) is 0.669. The monoisotopic (exact) mass is 540 g/mol. The molecule has 1 aliphatic carbocycles. The lowest BCUT2D eigenvalue weighted by Crippen LogP contribution is -1.99. The van der Waals surface area contributed by atoms with Gasteiger partial charge in [0.2, 0.25) is 0 Å². The highest BCUT2D eigenvalue weighted by Crippen LogP contribution is 2.48. The maximum Gasteiger partial charge on any atom is 0.0974 e. The lowest BCUT2D eigenvalue weighted by molar-refractivity contribution is 0.826. The zero-order valence-electron chi connectivity index (χ0n) is 24.4. The van der Waals surface area contributed by atoms with Crippen LogP contribution in [-0.2, 0) is 0 Å². The number of pyridine rings is 2. The molecule has 0 spiro atoms. The third kappa shape index (κ3) is 3.79. The SMILES string of the molecule is CC(C)c1ccc2ccc3c(-c4cccc(-c5ccc6c(c5)-c5cccc7cccc-6c57)c4)cc(C(C)C)nc3c2n1. The predicted molar refractivity (Wildman–Crippen MR) is 178 cm³/mol. The summed E-state index contributed by atoms with van der Waals surface area (Å²) in [5, 5.41) is 4.95. The summed E-state index contributed by atoms with van der Waals surface area (Å²) >= 11 is 0. The van der Waals surface area contributed by atoms with Crippen molar-refractivity contribution in [2.45, 2.75) is 39.5 Å². The minimum Gasteiger partial charge on any atom is -0.250 e. The second-order valence-corrected chi connectivity index (χ2v) is 12.2. The largest absolute Gasteiger partial charge is 0.250 e. The number of hydrogen-bond acceptors (Lipinski definition) is 2. The Bertz CT molecular complexity index is 2200. The Kier molecular flexibility index (Phi) is 5.55. The van der Waals surface area contributed by atoms with Crippen LogP contribution in [0.3, 0.4) is 0 Å². The number of nitrogens with zero attached hydrogens (tertiary/aromatic N) is 2. The van der Waals surface area contributed by atoms with Gasteiger partial charge in [0.25, 0.3) is 0 Å². The highest BCUT2D eigenvalue weighted by molar-refractivity contribution is 6.15. The van der Waals surface area contributed by atoms with Crippen LogP contribution in [0.5, 0.6) is 0 Å². The molecular formula is C40H32N2. The summed E-state index contributed by atoms with van der Waals surface area (Å²) in [6.07, 6.45) is 0. The summed E-state index contributed by atoms with van der Waals surface area (Å²) in [7, 11) is 0. The second kappa shape index (κ2) is 9.36. The highest BCUT2D eigenvalue weighted by atomic mass is 14.8. The van der Waals surface area contributed by atoms with Crippen LogP contribution in [-0.4, -0.2) is 9.97 Å². The fraction of sp³-hybridized carbons (Fsp3) is 0.150. The Hall–Kier alpha value is -4.82. The highest BCUT2D eigenvalue weighted by Gasteiger charge is 2.21. The molecule has 0 bridgehead atoms. The minimum atomic E-state index is 0.306. The first-order valence-electron chi connectivity index (χ1n) is 15.0. The molecule has 0 amide bonds. The van der Waals surface area contributed by atoms with E-state index in [1.165, 1.54) is 55.3 Å². The third-order valence-electron chi connectivity index (χ3n) is 8.87. The third-order valence-corrected chi connectivity index (χ3v) is 8.87. The van der Waals surface area contributed by atoms with Crippen molar-refractivity contribution in [3.8, 4) is 44.5 Å². The van der Waals surface area contributed by atoms with Crippen LogP contribution in [0.2, 0.25) is 0 Å². The zero-order chi connectivity index (χ0) is 28.5. The van der Waals surface area contributed by atoms with Crippen molar-refractivity contribution in [1.29, 1.82) is 0 Å². The van der Waals surface area contributed by atoms with Crippen molar-refractivity contribution < 1.29 is 0 Å². The lowest BCUT2D eigenvalue weighted by Gasteiger charge is -2.15. The van der Waals surface area contributed by atoms with Crippen molar-refractivity contribution in [3.05, 3.63) is 121 Å². The summed E-state index contributed by atoms with van der Waals surface area (Å²) in [5.41, 5.74) is 14.4. The number of hydrogen-bond donors (Lipinski definition) is 0. The van der Waals surface area contributed by atoms with E-state index in [-0.39, 0.29) is 0 Å². The molecule has 2 nitrogen and oxygen atoms in total. The Balaban J connectivity index is 1.30. The average Bonchev–Trinajstić information content (AvgIpc) is 3.34. The van der Waals surface area contributed by atoms with E-state index in [1.807, 2.05) is 0 Å². The van der Waals surface area contributed by atoms with Gasteiger partial charge >= 0.3 is 0 Å². The van der Waals surface area contributed by atoms with Gasteiger partial charge in [-0.05, 0) is 91.4 Å². The van der Waals surface area contributed by atoms with Gasteiger partial charge in [0.1, 0.15) is 0 Å². The quantitative estimate of drug-likeness (QED) is 0.207. The molecular weight excluding hydrogens is 508 g/mol. The molecule has 1 aliphatic rings. The number of aromatic nitrogens is 2. The van der Waals surface area contributed by atoms with Gasteiger partial charge in [-0.3, -0.25) is 9.97 Å². The molecule has 2 heterocycles. The summed E-state index contributed by atoms with van der Waals surface area (Å²) in [6.45, 7) is 8.83. The van der Waals surface area contributed by atoms with E-state index in [9.17, 15) is 0 Å². The minimum absolute atomic E-state index is 0.306. The van der Waals surface area contributed by atoms with Gasteiger partial charge in [0.15, 0.2) is 0 Å². The molecule has 5 aromatic carbocycles. The van der Waals surface area contributed by atoms with Crippen LogP contribution in [0.4, 0.5) is 0 Å². The van der Waals surface area contributed by atoms with Gasteiger partial charge in [-0.25, -0.2) is 0 Å². The average molecular weight is 541 g/mol. The molecule has 0 unspecified atom stereocenters. The van der Waals surface area contributed by atoms with E-state index in [2.05, 4.69) is 137 Å². The standard InChI is InChI=1S/C40H32N2/c1-23(2)36-19-16-26-14-18-33-34(22-37(24(3)4)42-40(33)39(26)41-36)29-11-5-10-27(20-29)28-15-17-30-31-12-6-8-25-9-7-13-32(38(25)31)35(30)21-28/h5-24H,1-4H3. The van der Waals surface area contributed by atoms with Crippen molar-refractivity contribution in [3.63, 3.8) is 0 Å². The van der Waals surface area contributed by atoms with E-state index < -0.39 is 0 Å². The molecule has 0 fully saturated rings. The van der Waals surface area contributed by atoms with E-state index in [0.717, 1.165) is 33.2 Å². The number of rotatable bonds is 4. The number of benzene rings is 5. The van der Waals surface area contributed by atoms with Gasteiger partial charge < -0.3 is 0 Å². The molecule has 2 heteroatoms. The van der Waals surface area contributed by atoms with Gasteiger partial charge in [0.05, 0.1) is 11.0 Å². The van der Waals surface area contributed by atoms with Gasteiger partial charge in [0, 0.05) is 22.2 Å². The molecule has 8 rings (SSSR count).